The number of hydrogen-bond acceptors (Lipinski definition) is 5. The quantitative estimate of drug-likeness (QED) is 0.707. The van der Waals surface area contributed by atoms with Gasteiger partial charge in [0, 0.05) is 24.7 Å². The van der Waals surface area contributed by atoms with Crippen molar-refractivity contribution in [2.24, 2.45) is 5.92 Å². The summed E-state index contributed by atoms with van der Waals surface area (Å²) in [5.74, 6) is 0.0538. The molecule has 0 aliphatic heterocycles. The second-order valence-electron chi connectivity index (χ2n) is 4.60. The van der Waals surface area contributed by atoms with Crippen LogP contribution in [0.1, 0.15) is 13.3 Å². The monoisotopic (exact) mass is 273 g/mol. The number of nitrogens with zero attached hydrogens (tertiary/aromatic N) is 3. The SMILES string of the molecule is CC1=CC(N(CCO)CCO)=CCC1C=C(C#N)C#N. The van der Waals surface area contributed by atoms with E-state index in [1.807, 2.05) is 36.1 Å². The summed E-state index contributed by atoms with van der Waals surface area (Å²) in [6.45, 7) is 2.95. The van der Waals surface area contributed by atoms with E-state index in [1.54, 1.807) is 6.08 Å². The third kappa shape index (κ3) is 4.24. The van der Waals surface area contributed by atoms with E-state index >= 15 is 0 Å². The van der Waals surface area contributed by atoms with Crippen LogP contribution in [0.5, 0.6) is 0 Å². The smallest absolute Gasteiger partial charge is 0.126 e. The van der Waals surface area contributed by atoms with Gasteiger partial charge in [-0.25, -0.2) is 0 Å². The minimum atomic E-state index is 0.0283. The molecule has 0 fully saturated rings. The molecule has 1 unspecified atom stereocenters. The first kappa shape index (κ1) is 16.0. The molecule has 1 rings (SSSR count). The summed E-state index contributed by atoms with van der Waals surface area (Å²) in [5.41, 5.74) is 2.15. The fraction of sp³-hybridized carbons (Fsp3) is 0.467. The highest BCUT2D eigenvalue weighted by Gasteiger charge is 2.16. The molecule has 0 amide bonds. The maximum absolute atomic E-state index is 9.04. The van der Waals surface area contributed by atoms with Crippen LogP contribution in [0.15, 0.2) is 35.1 Å². The first-order valence-electron chi connectivity index (χ1n) is 6.53. The Bertz CT molecular complexity index is 484. The molecule has 0 aromatic rings. The molecule has 5 heteroatoms. The highest BCUT2D eigenvalue weighted by molar-refractivity contribution is 5.39. The molecule has 0 heterocycles. The minimum Gasteiger partial charge on any atom is -0.395 e. The molecule has 0 bridgehead atoms. The highest BCUT2D eigenvalue weighted by Crippen LogP contribution is 2.27. The van der Waals surface area contributed by atoms with Gasteiger partial charge in [-0.2, -0.15) is 10.5 Å². The van der Waals surface area contributed by atoms with E-state index in [0.717, 1.165) is 11.3 Å². The molecule has 0 aromatic heterocycles. The van der Waals surface area contributed by atoms with Gasteiger partial charge in [0.05, 0.1) is 13.2 Å². The van der Waals surface area contributed by atoms with Gasteiger partial charge < -0.3 is 15.1 Å². The molecular formula is C15H19N3O2. The second-order valence-corrected chi connectivity index (χ2v) is 4.60. The topological polar surface area (TPSA) is 91.3 Å². The lowest BCUT2D eigenvalue weighted by Crippen LogP contribution is -2.29. The van der Waals surface area contributed by atoms with Crippen molar-refractivity contribution in [3.8, 4) is 12.1 Å². The molecule has 5 nitrogen and oxygen atoms in total. The van der Waals surface area contributed by atoms with Crippen molar-refractivity contribution in [2.45, 2.75) is 13.3 Å². The van der Waals surface area contributed by atoms with Gasteiger partial charge in [-0.1, -0.05) is 11.6 Å². The summed E-state index contributed by atoms with van der Waals surface area (Å²) in [5, 5.41) is 35.7. The van der Waals surface area contributed by atoms with Crippen molar-refractivity contribution in [2.75, 3.05) is 26.3 Å². The largest absolute Gasteiger partial charge is 0.395 e. The fourth-order valence-corrected chi connectivity index (χ4v) is 2.16. The van der Waals surface area contributed by atoms with E-state index in [1.165, 1.54) is 0 Å². The molecular weight excluding hydrogens is 254 g/mol. The Kier molecular flexibility index (Phi) is 6.52. The first-order valence-corrected chi connectivity index (χ1v) is 6.53. The lowest BCUT2D eigenvalue weighted by atomic mass is 9.89. The van der Waals surface area contributed by atoms with Crippen molar-refractivity contribution in [3.63, 3.8) is 0 Å². The third-order valence-electron chi connectivity index (χ3n) is 3.26. The summed E-state index contributed by atoms with van der Waals surface area (Å²) >= 11 is 0. The molecule has 0 aromatic carbocycles. The van der Waals surface area contributed by atoms with Crippen LogP contribution in [-0.4, -0.2) is 41.4 Å². The highest BCUT2D eigenvalue weighted by atomic mass is 16.3. The lowest BCUT2D eigenvalue weighted by Gasteiger charge is -2.28. The standard InChI is InChI=1S/C15H19N3O2/c1-12-8-15(18(4-6-19)5-7-20)3-2-14(12)9-13(10-16)11-17/h3,8-9,14,19-20H,2,4-7H2,1H3. The number of nitriles is 2. The average Bonchev–Trinajstić information content (AvgIpc) is 2.46. The molecule has 2 N–H and O–H groups in total. The van der Waals surface area contributed by atoms with Gasteiger partial charge in [0.25, 0.3) is 0 Å². The molecule has 106 valence electrons. The zero-order valence-corrected chi connectivity index (χ0v) is 11.6. The van der Waals surface area contributed by atoms with Gasteiger partial charge >= 0.3 is 0 Å². The number of rotatable bonds is 6. The molecule has 1 atom stereocenters. The summed E-state index contributed by atoms with van der Waals surface area (Å²) < 4.78 is 0. The first-order chi connectivity index (χ1) is 9.65. The van der Waals surface area contributed by atoms with Crippen LogP contribution in [-0.2, 0) is 0 Å². The van der Waals surface area contributed by atoms with Crippen LogP contribution in [0.4, 0.5) is 0 Å². The molecule has 0 spiro atoms. The van der Waals surface area contributed by atoms with Crippen molar-refractivity contribution >= 4 is 0 Å². The van der Waals surface area contributed by atoms with Crippen molar-refractivity contribution in [1.29, 1.82) is 10.5 Å². The van der Waals surface area contributed by atoms with Gasteiger partial charge in [-0.3, -0.25) is 0 Å². The number of aliphatic hydroxyl groups excluding tert-OH is 2. The van der Waals surface area contributed by atoms with Gasteiger partial charge in [0.15, 0.2) is 0 Å². The number of allylic oxidation sites excluding steroid dienone is 5. The molecule has 20 heavy (non-hydrogen) atoms. The predicted octanol–water partition coefficient (Wildman–Crippen LogP) is 1.10. The predicted molar refractivity (Wildman–Crippen MR) is 75.0 cm³/mol. The van der Waals surface area contributed by atoms with Crippen molar-refractivity contribution in [3.05, 3.63) is 35.1 Å². The van der Waals surface area contributed by atoms with E-state index < -0.39 is 0 Å². The number of hydrogen-bond donors (Lipinski definition) is 2. The van der Waals surface area contributed by atoms with Crippen molar-refractivity contribution < 1.29 is 10.2 Å². The van der Waals surface area contributed by atoms with E-state index in [0.29, 0.717) is 19.5 Å². The van der Waals surface area contributed by atoms with E-state index in [2.05, 4.69) is 0 Å². The Balaban J connectivity index is 2.85. The number of aliphatic hydroxyl groups is 2. The normalized spacial score (nSPS) is 17.4. The maximum atomic E-state index is 9.04. The van der Waals surface area contributed by atoms with Gasteiger partial charge in [-0.05, 0) is 25.5 Å². The van der Waals surface area contributed by atoms with E-state index in [9.17, 15) is 0 Å². The summed E-state index contributed by atoms with van der Waals surface area (Å²) in [6, 6.07) is 3.74. The molecule has 0 saturated carbocycles. The van der Waals surface area contributed by atoms with Crippen LogP contribution in [0.25, 0.3) is 0 Å². The van der Waals surface area contributed by atoms with Gasteiger partial charge in [0.2, 0.25) is 0 Å². The Morgan fingerprint density at radius 3 is 2.40 bits per heavy atom. The molecule has 0 saturated heterocycles. The van der Waals surface area contributed by atoms with Crippen LogP contribution in [0, 0.1) is 28.6 Å². The lowest BCUT2D eigenvalue weighted by molar-refractivity contribution is 0.191. The van der Waals surface area contributed by atoms with E-state index in [-0.39, 0.29) is 24.7 Å². The Morgan fingerprint density at radius 2 is 1.95 bits per heavy atom. The van der Waals surface area contributed by atoms with Crippen LogP contribution in [0.2, 0.25) is 0 Å². The van der Waals surface area contributed by atoms with Crippen molar-refractivity contribution in [1.82, 2.24) is 4.90 Å². The van der Waals surface area contributed by atoms with Crippen LogP contribution in [0.3, 0.4) is 0 Å². The Morgan fingerprint density at radius 1 is 1.35 bits per heavy atom. The van der Waals surface area contributed by atoms with Gasteiger partial charge in [-0.15, -0.1) is 0 Å². The molecule has 1 aliphatic rings. The zero-order valence-electron chi connectivity index (χ0n) is 11.6. The van der Waals surface area contributed by atoms with Crippen LogP contribution < -0.4 is 0 Å². The minimum absolute atomic E-state index is 0.0283. The third-order valence-corrected chi connectivity index (χ3v) is 3.26. The second kappa shape index (κ2) is 8.16. The Hall–Kier alpha value is -2.08. The molecule has 0 radical (unpaired) electrons. The van der Waals surface area contributed by atoms with Gasteiger partial charge in [0.1, 0.15) is 17.7 Å². The summed E-state index contributed by atoms with van der Waals surface area (Å²) in [4.78, 5) is 1.92. The van der Waals surface area contributed by atoms with E-state index in [4.69, 9.17) is 20.7 Å². The van der Waals surface area contributed by atoms with Crippen LogP contribution >= 0.6 is 0 Å². The Labute approximate surface area is 119 Å². The average molecular weight is 273 g/mol. The maximum Gasteiger partial charge on any atom is 0.126 e. The zero-order chi connectivity index (χ0) is 15.0. The summed E-state index contributed by atoms with van der Waals surface area (Å²) in [7, 11) is 0. The summed E-state index contributed by atoms with van der Waals surface area (Å²) in [6.07, 6.45) is 6.37. The fourth-order valence-electron chi connectivity index (χ4n) is 2.16. The molecule has 1 aliphatic carbocycles.